The van der Waals surface area contributed by atoms with Crippen molar-refractivity contribution in [1.82, 2.24) is 16.0 Å². The Hall–Kier alpha value is -2.69. The molecule has 0 bridgehead atoms. The van der Waals surface area contributed by atoms with E-state index in [0.29, 0.717) is 6.42 Å². The van der Waals surface area contributed by atoms with Crippen molar-refractivity contribution in [3.05, 3.63) is 0 Å². The monoisotopic (exact) mass is 515 g/mol. The Bertz CT molecular complexity index is 657. The van der Waals surface area contributed by atoms with Gasteiger partial charge in [0.05, 0.1) is 6.54 Å². The molecule has 0 radical (unpaired) electrons. The number of carboxylic acids is 3. The topological polar surface area (TPSA) is 182 Å². The molecule has 0 heterocycles. The zero-order chi connectivity index (χ0) is 27.0. The molecular formula is C25H45N3O8. The van der Waals surface area contributed by atoms with Gasteiger partial charge in [0.2, 0.25) is 11.8 Å². The molecule has 1 atom stereocenters. The van der Waals surface area contributed by atoms with Crippen LogP contribution >= 0.6 is 0 Å². The van der Waals surface area contributed by atoms with Crippen LogP contribution in [0, 0.1) is 0 Å². The second-order valence-electron chi connectivity index (χ2n) is 9.05. The summed E-state index contributed by atoms with van der Waals surface area (Å²) in [7, 11) is 0. The molecule has 0 aliphatic carbocycles. The van der Waals surface area contributed by atoms with E-state index >= 15 is 0 Å². The number of carbonyl (C=O) groups excluding carboxylic acids is 2. The van der Waals surface area contributed by atoms with Gasteiger partial charge in [-0.3, -0.25) is 19.2 Å². The Morgan fingerprint density at radius 2 is 1.06 bits per heavy atom. The van der Waals surface area contributed by atoms with E-state index < -0.39 is 23.9 Å². The number of carboxylic acid groups (broad SMARTS) is 3. The smallest absolute Gasteiger partial charge is 0.326 e. The van der Waals surface area contributed by atoms with Crippen LogP contribution in [0.15, 0.2) is 0 Å². The summed E-state index contributed by atoms with van der Waals surface area (Å²) < 4.78 is 0. The van der Waals surface area contributed by atoms with Crippen molar-refractivity contribution >= 4 is 29.7 Å². The highest BCUT2D eigenvalue weighted by atomic mass is 16.4. The molecule has 0 fully saturated rings. The van der Waals surface area contributed by atoms with Crippen molar-refractivity contribution < 1.29 is 39.3 Å². The van der Waals surface area contributed by atoms with Gasteiger partial charge < -0.3 is 31.3 Å². The number of carbonyl (C=O) groups is 5. The van der Waals surface area contributed by atoms with E-state index in [1.54, 1.807) is 0 Å². The lowest BCUT2D eigenvalue weighted by Gasteiger charge is -2.14. The SMILES string of the molecule is O=C(O)CCCCCCCCCCCCCCC(=O)N[C@@H](CCC(=O)NCCNCC(=O)O)C(=O)O. The van der Waals surface area contributed by atoms with Gasteiger partial charge in [0.15, 0.2) is 0 Å². The lowest BCUT2D eigenvalue weighted by Crippen LogP contribution is -2.42. The van der Waals surface area contributed by atoms with E-state index in [-0.39, 0.29) is 57.1 Å². The number of rotatable bonds is 25. The highest BCUT2D eigenvalue weighted by Crippen LogP contribution is 2.13. The van der Waals surface area contributed by atoms with Gasteiger partial charge in [-0.15, -0.1) is 0 Å². The molecule has 0 unspecified atom stereocenters. The van der Waals surface area contributed by atoms with Gasteiger partial charge in [-0.1, -0.05) is 64.2 Å². The van der Waals surface area contributed by atoms with Crippen LogP contribution in [0.25, 0.3) is 0 Å². The summed E-state index contributed by atoms with van der Waals surface area (Å²) in [5, 5.41) is 34.1. The molecule has 0 rings (SSSR count). The molecule has 0 spiro atoms. The Kier molecular flexibility index (Phi) is 21.1. The molecule has 6 N–H and O–H groups in total. The number of hydrogen-bond donors (Lipinski definition) is 6. The summed E-state index contributed by atoms with van der Waals surface area (Å²) in [5.41, 5.74) is 0. The number of unbranched alkanes of at least 4 members (excludes halogenated alkanes) is 11. The van der Waals surface area contributed by atoms with Gasteiger partial charge in [-0.2, -0.15) is 0 Å². The van der Waals surface area contributed by atoms with E-state index in [0.717, 1.165) is 51.4 Å². The third kappa shape index (κ3) is 23.1. The van der Waals surface area contributed by atoms with Crippen molar-refractivity contribution in [1.29, 1.82) is 0 Å². The number of amides is 2. The number of hydrogen-bond acceptors (Lipinski definition) is 6. The maximum Gasteiger partial charge on any atom is 0.326 e. The predicted molar refractivity (Wildman–Crippen MR) is 135 cm³/mol. The molecule has 11 nitrogen and oxygen atoms in total. The lowest BCUT2D eigenvalue weighted by atomic mass is 10.0. The largest absolute Gasteiger partial charge is 0.481 e. The summed E-state index contributed by atoms with van der Waals surface area (Å²) in [5.74, 6) is -3.58. The zero-order valence-corrected chi connectivity index (χ0v) is 21.4. The number of nitrogens with one attached hydrogen (secondary N) is 3. The van der Waals surface area contributed by atoms with E-state index in [2.05, 4.69) is 16.0 Å². The van der Waals surface area contributed by atoms with E-state index in [9.17, 15) is 29.1 Å². The van der Waals surface area contributed by atoms with Crippen LogP contribution in [0.3, 0.4) is 0 Å². The minimum atomic E-state index is -1.18. The first-order chi connectivity index (χ1) is 17.2. The second kappa shape index (κ2) is 22.8. The van der Waals surface area contributed by atoms with Crippen LogP contribution < -0.4 is 16.0 Å². The van der Waals surface area contributed by atoms with Crippen LogP contribution in [0.4, 0.5) is 0 Å². The van der Waals surface area contributed by atoms with Crippen LogP contribution in [0.5, 0.6) is 0 Å². The minimum absolute atomic E-state index is 0.0161. The Morgan fingerprint density at radius 3 is 1.53 bits per heavy atom. The lowest BCUT2D eigenvalue weighted by molar-refractivity contribution is -0.142. The van der Waals surface area contributed by atoms with Gasteiger partial charge in [-0.05, 0) is 19.3 Å². The summed E-state index contributed by atoms with van der Waals surface area (Å²) in [6.07, 6.45) is 12.9. The van der Waals surface area contributed by atoms with Crippen molar-refractivity contribution in [2.75, 3.05) is 19.6 Å². The summed E-state index contributed by atoms with van der Waals surface area (Å²) in [6.45, 7) is 0.310. The average molecular weight is 516 g/mol. The molecule has 0 aliphatic rings. The number of aliphatic carboxylic acids is 3. The summed E-state index contributed by atoms with van der Waals surface area (Å²) >= 11 is 0. The Morgan fingerprint density at radius 1 is 0.556 bits per heavy atom. The Balaban J connectivity index is 3.70. The fourth-order valence-electron chi connectivity index (χ4n) is 3.70. The standard InChI is InChI=1S/C25H45N3O8/c29-21(27-18-17-26-19-24(33)34)16-15-20(25(35)36)28-22(30)13-11-9-7-5-3-1-2-4-6-8-10-12-14-23(31)32/h20,26H,1-19H2,(H,27,29)(H,28,30)(H,31,32)(H,33,34)(H,35,36)/t20-/m0/s1. The molecule has 0 saturated heterocycles. The molecular weight excluding hydrogens is 470 g/mol. The van der Waals surface area contributed by atoms with E-state index in [1.807, 2.05) is 0 Å². The average Bonchev–Trinajstić information content (AvgIpc) is 2.81. The normalized spacial score (nSPS) is 11.6. The molecule has 208 valence electrons. The minimum Gasteiger partial charge on any atom is -0.481 e. The van der Waals surface area contributed by atoms with Crippen molar-refractivity contribution in [2.24, 2.45) is 0 Å². The van der Waals surface area contributed by atoms with Gasteiger partial charge in [0.1, 0.15) is 6.04 Å². The van der Waals surface area contributed by atoms with Crippen molar-refractivity contribution in [3.8, 4) is 0 Å². The fraction of sp³-hybridized carbons (Fsp3) is 0.800. The van der Waals surface area contributed by atoms with Crippen molar-refractivity contribution in [2.45, 2.75) is 109 Å². The van der Waals surface area contributed by atoms with Crippen LogP contribution in [0.2, 0.25) is 0 Å². The highest BCUT2D eigenvalue weighted by molar-refractivity contribution is 5.84. The zero-order valence-electron chi connectivity index (χ0n) is 21.4. The fourth-order valence-corrected chi connectivity index (χ4v) is 3.70. The first-order valence-electron chi connectivity index (χ1n) is 13.2. The summed E-state index contributed by atoms with van der Waals surface area (Å²) in [4.78, 5) is 56.1. The molecule has 0 aromatic heterocycles. The van der Waals surface area contributed by atoms with Crippen LogP contribution in [0.1, 0.15) is 103 Å². The van der Waals surface area contributed by atoms with Crippen LogP contribution in [-0.2, 0) is 24.0 Å². The molecule has 0 aromatic rings. The molecule has 2 amide bonds. The molecule has 11 heteroatoms. The molecule has 0 saturated carbocycles. The first-order valence-corrected chi connectivity index (χ1v) is 13.2. The van der Waals surface area contributed by atoms with E-state index in [1.165, 1.54) is 19.3 Å². The third-order valence-corrected chi connectivity index (χ3v) is 5.74. The third-order valence-electron chi connectivity index (χ3n) is 5.74. The van der Waals surface area contributed by atoms with Gasteiger partial charge >= 0.3 is 17.9 Å². The first kappa shape index (κ1) is 33.3. The van der Waals surface area contributed by atoms with Gasteiger partial charge in [0.25, 0.3) is 0 Å². The quantitative estimate of drug-likeness (QED) is 0.0995. The van der Waals surface area contributed by atoms with Gasteiger partial charge in [-0.25, -0.2) is 4.79 Å². The predicted octanol–water partition coefficient (Wildman–Crippen LogP) is 2.67. The molecule has 36 heavy (non-hydrogen) atoms. The van der Waals surface area contributed by atoms with Crippen LogP contribution in [-0.4, -0.2) is 70.7 Å². The molecule has 0 aromatic carbocycles. The molecule has 0 aliphatic heterocycles. The summed E-state index contributed by atoms with van der Waals surface area (Å²) in [6, 6.07) is -1.12. The van der Waals surface area contributed by atoms with Crippen molar-refractivity contribution in [3.63, 3.8) is 0 Å². The maximum absolute atomic E-state index is 12.1. The highest BCUT2D eigenvalue weighted by Gasteiger charge is 2.20. The Labute approximate surface area is 213 Å². The maximum atomic E-state index is 12.1. The second-order valence-corrected chi connectivity index (χ2v) is 9.05. The van der Waals surface area contributed by atoms with E-state index in [4.69, 9.17) is 10.2 Å². The van der Waals surface area contributed by atoms with Gasteiger partial charge in [0, 0.05) is 32.4 Å².